The summed E-state index contributed by atoms with van der Waals surface area (Å²) in [5.41, 5.74) is 5.02. The largest absolute Gasteiger partial charge is 0.329 e. The van der Waals surface area contributed by atoms with Gasteiger partial charge in [-0.15, -0.1) is 0 Å². The van der Waals surface area contributed by atoms with E-state index < -0.39 is 15.7 Å². The molecule has 6 heteroatoms. The van der Waals surface area contributed by atoms with Crippen LogP contribution in [0.4, 0.5) is 0 Å². The van der Waals surface area contributed by atoms with Crippen LogP contribution in [-0.2, 0) is 10.2 Å². The summed E-state index contributed by atoms with van der Waals surface area (Å²) in [6, 6.07) is 0. The van der Waals surface area contributed by atoms with Crippen molar-refractivity contribution in [1.29, 1.82) is 0 Å². The van der Waals surface area contributed by atoms with E-state index in [1.165, 1.54) is 4.31 Å². The molecule has 1 unspecified atom stereocenters. The van der Waals surface area contributed by atoms with Crippen LogP contribution in [0.3, 0.4) is 0 Å². The Balaban J connectivity index is 4.99. The minimum atomic E-state index is -3.66. The van der Waals surface area contributed by atoms with Crippen LogP contribution < -0.4 is 10.9 Å². The smallest absolute Gasteiger partial charge is 0.277 e. The lowest BCUT2D eigenvalue weighted by molar-refractivity contribution is 0.206. The van der Waals surface area contributed by atoms with Crippen molar-refractivity contribution < 1.29 is 8.42 Å². The molecule has 0 bridgehead atoms. The van der Waals surface area contributed by atoms with Gasteiger partial charge in [0.1, 0.15) is 0 Å². The molecule has 4 N–H and O–H groups in total. The van der Waals surface area contributed by atoms with E-state index in [4.69, 9.17) is 10.9 Å². The average molecular weight is 223 g/mol. The molecule has 86 valence electrons. The minimum absolute atomic E-state index is 0.278. The normalized spacial score (nSPS) is 17.0. The van der Waals surface area contributed by atoms with Gasteiger partial charge in [-0.25, -0.2) is 5.14 Å². The van der Waals surface area contributed by atoms with Gasteiger partial charge in [0.15, 0.2) is 0 Å². The minimum Gasteiger partial charge on any atom is -0.329 e. The van der Waals surface area contributed by atoms with Crippen LogP contribution in [0.15, 0.2) is 0 Å². The second-order valence-electron chi connectivity index (χ2n) is 3.67. The van der Waals surface area contributed by atoms with E-state index in [-0.39, 0.29) is 6.54 Å². The van der Waals surface area contributed by atoms with Crippen LogP contribution in [0, 0.1) is 0 Å². The zero-order valence-electron chi connectivity index (χ0n) is 9.16. The van der Waals surface area contributed by atoms with Crippen molar-refractivity contribution in [2.24, 2.45) is 10.9 Å². The third kappa shape index (κ3) is 3.20. The summed E-state index contributed by atoms with van der Waals surface area (Å²) in [7, 11) is -3.66. The van der Waals surface area contributed by atoms with Gasteiger partial charge < -0.3 is 5.73 Å². The summed E-state index contributed by atoms with van der Waals surface area (Å²) in [4.78, 5) is 0. The fourth-order valence-corrected chi connectivity index (χ4v) is 2.59. The molecule has 0 aromatic rings. The zero-order chi connectivity index (χ0) is 11.4. The maximum atomic E-state index is 11.3. The molecule has 0 fully saturated rings. The van der Waals surface area contributed by atoms with Crippen molar-refractivity contribution in [3.8, 4) is 0 Å². The molecule has 14 heavy (non-hydrogen) atoms. The molecule has 0 amide bonds. The van der Waals surface area contributed by atoms with Gasteiger partial charge in [0.25, 0.3) is 10.2 Å². The molecule has 0 aliphatic rings. The predicted octanol–water partition coefficient (Wildman–Crippen LogP) is 0.0293. The van der Waals surface area contributed by atoms with Crippen molar-refractivity contribution in [2.45, 2.75) is 39.2 Å². The lowest BCUT2D eigenvalue weighted by Crippen LogP contribution is -2.56. The maximum Gasteiger partial charge on any atom is 0.277 e. The molecular formula is C8H21N3O2S. The van der Waals surface area contributed by atoms with E-state index in [2.05, 4.69) is 0 Å². The Morgan fingerprint density at radius 2 is 1.86 bits per heavy atom. The topological polar surface area (TPSA) is 89.4 Å². The lowest BCUT2D eigenvalue weighted by atomic mass is 9.99. The van der Waals surface area contributed by atoms with Gasteiger partial charge in [0.05, 0.1) is 0 Å². The predicted molar refractivity (Wildman–Crippen MR) is 57.9 cm³/mol. The van der Waals surface area contributed by atoms with E-state index >= 15 is 0 Å². The number of rotatable bonds is 6. The van der Waals surface area contributed by atoms with Crippen molar-refractivity contribution in [3.63, 3.8) is 0 Å². The molecule has 0 spiro atoms. The Morgan fingerprint density at radius 3 is 2.07 bits per heavy atom. The van der Waals surface area contributed by atoms with Crippen molar-refractivity contribution in [3.05, 3.63) is 0 Å². The second-order valence-corrected chi connectivity index (χ2v) is 5.14. The van der Waals surface area contributed by atoms with Crippen LogP contribution in [0.1, 0.15) is 33.6 Å². The summed E-state index contributed by atoms with van der Waals surface area (Å²) >= 11 is 0. The Labute approximate surface area is 86.6 Å². The summed E-state index contributed by atoms with van der Waals surface area (Å²) in [5, 5.41) is 5.15. The van der Waals surface area contributed by atoms with Gasteiger partial charge in [-0.05, 0) is 19.8 Å². The fourth-order valence-electron chi connectivity index (χ4n) is 1.33. The molecule has 0 saturated carbocycles. The SMILES string of the molecule is CCCN(C(C)(CC)CN)S(N)(=O)=O. The average Bonchev–Trinajstić information content (AvgIpc) is 2.11. The molecule has 0 aromatic carbocycles. The standard InChI is InChI=1S/C8H21N3O2S/c1-4-6-11(14(10,12)13)8(3,5-2)7-9/h4-7,9H2,1-3H3,(H2,10,12,13). The van der Waals surface area contributed by atoms with E-state index in [1.54, 1.807) is 0 Å². The summed E-state index contributed by atoms with van der Waals surface area (Å²) in [5.74, 6) is 0. The van der Waals surface area contributed by atoms with E-state index in [0.29, 0.717) is 13.0 Å². The Hall–Kier alpha value is -0.170. The highest BCUT2D eigenvalue weighted by Gasteiger charge is 2.34. The molecule has 0 rings (SSSR count). The molecule has 1 atom stereocenters. The van der Waals surface area contributed by atoms with Crippen LogP contribution in [0.5, 0.6) is 0 Å². The summed E-state index contributed by atoms with van der Waals surface area (Å²) < 4.78 is 24.0. The molecule has 0 aliphatic heterocycles. The Morgan fingerprint density at radius 1 is 1.36 bits per heavy atom. The molecule has 0 saturated heterocycles. The highest BCUT2D eigenvalue weighted by Crippen LogP contribution is 2.20. The van der Waals surface area contributed by atoms with Gasteiger partial charge in [0.2, 0.25) is 0 Å². The van der Waals surface area contributed by atoms with Crippen LogP contribution in [-0.4, -0.2) is 31.4 Å². The lowest BCUT2D eigenvalue weighted by Gasteiger charge is -2.37. The van der Waals surface area contributed by atoms with Crippen molar-refractivity contribution >= 4 is 10.2 Å². The van der Waals surface area contributed by atoms with E-state index in [0.717, 1.165) is 6.42 Å². The van der Waals surface area contributed by atoms with Crippen molar-refractivity contribution in [2.75, 3.05) is 13.1 Å². The molecule has 0 aromatic heterocycles. The first-order chi connectivity index (χ1) is 6.31. The highest BCUT2D eigenvalue weighted by atomic mass is 32.2. The van der Waals surface area contributed by atoms with E-state index in [1.807, 2.05) is 20.8 Å². The summed E-state index contributed by atoms with van der Waals surface area (Å²) in [6.45, 7) is 6.32. The van der Waals surface area contributed by atoms with Gasteiger partial charge in [-0.3, -0.25) is 0 Å². The van der Waals surface area contributed by atoms with Crippen LogP contribution in [0.2, 0.25) is 0 Å². The van der Waals surface area contributed by atoms with Crippen LogP contribution >= 0.6 is 0 Å². The number of hydrogen-bond acceptors (Lipinski definition) is 3. The molecule has 0 radical (unpaired) electrons. The monoisotopic (exact) mass is 223 g/mol. The quantitative estimate of drug-likeness (QED) is 0.665. The fraction of sp³-hybridized carbons (Fsp3) is 1.00. The maximum absolute atomic E-state index is 11.3. The Bertz CT molecular complexity index is 260. The van der Waals surface area contributed by atoms with Crippen molar-refractivity contribution in [1.82, 2.24) is 4.31 Å². The third-order valence-electron chi connectivity index (χ3n) is 2.54. The molecular weight excluding hydrogens is 202 g/mol. The van der Waals surface area contributed by atoms with Gasteiger partial charge >= 0.3 is 0 Å². The zero-order valence-corrected chi connectivity index (χ0v) is 9.97. The highest BCUT2D eigenvalue weighted by molar-refractivity contribution is 7.86. The molecule has 0 heterocycles. The Kier molecular flexibility index (Phi) is 5.00. The molecule has 0 aliphatic carbocycles. The first-order valence-corrected chi connectivity index (χ1v) is 6.32. The van der Waals surface area contributed by atoms with Gasteiger partial charge in [-0.2, -0.15) is 12.7 Å². The molecule has 5 nitrogen and oxygen atoms in total. The van der Waals surface area contributed by atoms with Gasteiger partial charge in [-0.1, -0.05) is 13.8 Å². The number of nitrogens with zero attached hydrogens (tertiary/aromatic N) is 1. The van der Waals surface area contributed by atoms with Gasteiger partial charge in [0, 0.05) is 18.6 Å². The third-order valence-corrected chi connectivity index (χ3v) is 3.78. The summed E-state index contributed by atoms with van der Waals surface area (Å²) in [6.07, 6.45) is 1.38. The first-order valence-electron chi connectivity index (χ1n) is 4.82. The van der Waals surface area contributed by atoms with Crippen LogP contribution in [0.25, 0.3) is 0 Å². The van der Waals surface area contributed by atoms with E-state index in [9.17, 15) is 8.42 Å². The number of hydrogen-bond donors (Lipinski definition) is 2. The second kappa shape index (κ2) is 5.06. The first kappa shape index (κ1) is 13.8. The number of nitrogens with two attached hydrogens (primary N) is 2.